The highest BCUT2D eigenvalue weighted by Crippen LogP contribution is 2.31. The van der Waals surface area contributed by atoms with E-state index in [0.717, 1.165) is 21.0 Å². The monoisotopic (exact) mass is 534 g/mol. The van der Waals surface area contributed by atoms with Gasteiger partial charge in [-0.3, -0.25) is 9.10 Å². The standard InChI is InChI=1S/C29H27ClN2O4S/c1-21-13-18-26(36-2)27(19-21)37(34,35)32(25-16-14-24(30)15-17-25)20-28(33)31-29(22-9-5-3-6-10-22)23-11-7-4-8-12-23/h3-19,29H,20H2,1-2H3,(H,31,33). The Bertz CT molecular complexity index is 1420. The number of rotatable bonds is 9. The summed E-state index contributed by atoms with van der Waals surface area (Å²) in [5.41, 5.74) is 2.80. The van der Waals surface area contributed by atoms with Crippen molar-refractivity contribution in [3.8, 4) is 5.75 Å². The Morgan fingerprint density at radius 1 is 0.892 bits per heavy atom. The maximum Gasteiger partial charge on any atom is 0.268 e. The van der Waals surface area contributed by atoms with Gasteiger partial charge < -0.3 is 10.1 Å². The van der Waals surface area contributed by atoms with E-state index in [1.54, 1.807) is 43.3 Å². The average molecular weight is 535 g/mol. The number of amides is 1. The van der Waals surface area contributed by atoms with Gasteiger partial charge in [0.15, 0.2) is 0 Å². The van der Waals surface area contributed by atoms with Gasteiger partial charge in [0.25, 0.3) is 10.0 Å². The highest BCUT2D eigenvalue weighted by molar-refractivity contribution is 7.93. The lowest BCUT2D eigenvalue weighted by atomic mass is 9.99. The number of aryl methyl sites for hydroxylation is 1. The molecular formula is C29H27ClN2O4S. The SMILES string of the molecule is COc1ccc(C)cc1S(=O)(=O)N(CC(=O)NC(c1ccccc1)c1ccccc1)c1ccc(Cl)cc1. The molecule has 6 nitrogen and oxygen atoms in total. The maximum absolute atomic E-state index is 13.9. The van der Waals surface area contributed by atoms with Crippen LogP contribution in [-0.2, 0) is 14.8 Å². The van der Waals surface area contributed by atoms with Crippen LogP contribution < -0.4 is 14.4 Å². The Labute approximate surface area is 222 Å². The summed E-state index contributed by atoms with van der Waals surface area (Å²) in [5, 5.41) is 3.47. The predicted molar refractivity (Wildman–Crippen MR) is 147 cm³/mol. The largest absolute Gasteiger partial charge is 0.495 e. The Morgan fingerprint density at radius 3 is 2.00 bits per heavy atom. The fourth-order valence-electron chi connectivity index (χ4n) is 4.01. The van der Waals surface area contributed by atoms with E-state index in [9.17, 15) is 13.2 Å². The summed E-state index contributed by atoms with van der Waals surface area (Å²) in [6.45, 7) is 1.35. The Hall–Kier alpha value is -3.81. The van der Waals surface area contributed by atoms with Gasteiger partial charge in [-0.2, -0.15) is 0 Å². The highest BCUT2D eigenvalue weighted by Gasteiger charge is 2.31. The molecule has 0 saturated heterocycles. The molecule has 190 valence electrons. The molecule has 0 heterocycles. The van der Waals surface area contributed by atoms with E-state index in [-0.39, 0.29) is 10.6 Å². The van der Waals surface area contributed by atoms with Gasteiger partial charge in [0.2, 0.25) is 5.91 Å². The first-order valence-corrected chi connectivity index (χ1v) is 13.4. The van der Waals surface area contributed by atoms with Crippen molar-refractivity contribution < 1.29 is 17.9 Å². The van der Waals surface area contributed by atoms with Crippen LogP contribution in [0.25, 0.3) is 0 Å². The maximum atomic E-state index is 13.9. The van der Waals surface area contributed by atoms with Gasteiger partial charge in [-0.05, 0) is 60.0 Å². The van der Waals surface area contributed by atoms with E-state index >= 15 is 0 Å². The molecule has 0 unspecified atom stereocenters. The molecule has 0 bridgehead atoms. The van der Waals surface area contributed by atoms with Gasteiger partial charge in [-0.15, -0.1) is 0 Å². The first-order chi connectivity index (χ1) is 17.8. The summed E-state index contributed by atoms with van der Waals surface area (Å²) < 4.78 is 34.3. The molecule has 1 N–H and O–H groups in total. The number of methoxy groups -OCH3 is 1. The van der Waals surface area contributed by atoms with Crippen LogP contribution in [0.3, 0.4) is 0 Å². The fourth-order valence-corrected chi connectivity index (χ4v) is 5.80. The lowest BCUT2D eigenvalue weighted by molar-refractivity contribution is -0.120. The van der Waals surface area contributed by atoms with E-state index < -0.39 is 28.5 Å². The molecular weight excluding hydrogens is 508 g/mol. The van der Waals surface area contributed by atoms with Crippen LogP contribution in [0.15, 0.2) is 108 Å². The molecule has 0 spiro atoms. The summed E-state index contributed by atoms with van der Waals surface area (Å²) in [6, 6.07) is 29.8. The summed E-state index contributed by atoms with van der Waals surface area (Å²) in [5.74, 6) is -0.278. The van der Waals surface area contributed by atoms with Crippen molar-refractivity contribution in [2.24, 2.45) is 0 Å². The van der Waals surface area contributed by atoms with Gasteiger partial charge in [0.1, 0.15) is 17.2 Å². The number of nitrogens with zero attached hydrogens (tertiary/aromatic N) is 1. The first-order valence-electron chi connectivity index (χ1n) is 11.6. The summed E-state index contributed by atoms with van der Waals surface area (Å²) in [4.78, 5) is 13.4. The van der Waals surface area contributed by atoms with Crippen LogP contribution >= 0.6 is 11.6 Å². The van der Waals surface area contributed by atoms with Gasteiger partial charge in [-0.25, -0.2) is 8.42 Å². The smallest absolute Gasteiger partial charge is 0.268 e. The Morgan fingerprint density at radius 2 is 1.46 bits per heavy atom. The zero-order valence-electron chi connectivity index (χ0n) is 20.5. The number of halogens is 1. The number of hydrogen-bond acceptors (Lipinski definition) is 4. The number of sulfonamides is 1. The quantitative estimate of drug-likeness (QED) is 0.296. The third kappa shape index (κ3) is 6.13. The van der Waals surface area contributed by atoms with E-state index in [4.69, 9.17) is 16.3 Å². The van der Waals surface area contributed by atoms with Crippen LogP contribution in [-0.4, -0.2) is 28.0 Å². The minimum absolute atomic E-state index is 0.0274. The number of benzene rings is 4. The lowest BCUT2D eigenvalue weighted by Crippen LogP contribution is -2.42. The topological polar surface area (TPSA) is 75.7 Å². The van der Waals surface area contributed by atoms with Crippen LogP contribution in [0.1, 0.15) is 22.7 Å². The van der Waals surface area contributed by atoms with Crippen LogP contribution in [0, 0.1) is 6.92 Å². The number of carbonyl (C=O) groups is 1. The van der Waals surface area contributed by atoms with Crippen molar-refractivity contribution in [3.63, 3.8) is 0 Å². The number of nitrogens with one attached hydrogen (secondary N) is 1. The molecule has 0 aliphatic carbocycles. The molecule has 4 rings (SSSR count). The molecule has 1 amide bonds. The average Bonchev–Trinajstić information content (AvgIpc) is 2.92. The first kappa shape index (κ1) is 26.3. The fraction of sp³-hybridized carbons (Fsp3) is 0.138. The number of anilines is 1. The molecule has 0 aromatic heterocycles. The second kappa shape index (κ2) is 11.5. The molecule has 0 saturated carbocycles. The van der Waals surface area contributed by atoms with E-state index in [1.807, 2.05) is 60.7 Å². The van der Waals surface area contributed by atoms with Gasteiger partial charge in [-0.1, -0.05) is 78.3 Å². The molecule has 0 atom stereocenters. The zero-order chi connectivity index (χ0) is 26.4. The van der Waals surface area contributed by atoms with Gasteiger partial charge in [0.05, 0.1) is 18.8 Å². The second-order valence-electron chi connectivity index (χ2n) is 8.46. The third-order valence-electron chi connectivity index (χ3n) is 5.86. The minimum Gasteiger partial charge on any atom is -0.495 e. The van der Waals surface area contributed by atoms with Crippen LogP contribution in [0.4, 0.5) is 5.69 Å². The van der Waals surface area contributed by atoms with Crippen LogP contribution in [0.5, 0.6) is 5.75 Å². The van der Waals surface area contributed by atoms with Crippen molar-refractivity contribution in [1.82, 2.24) is 5.32 Å². The van der Waals surface area contributed by atoms with Crippen molar-refractivity contribution in [1.29, 1.82) is 0 Å². The summed E-state index contributed by atoms with van der Waals surface area (Å²) in [7, 11) is -2.78. The van der Waals surface area contributed by atoms with Crippen molar-refractivity contribution in [2.75, 3.05) is 18.0 Å². The zero-order valence-corrected chi connectivity index (χ0v) is 22.0. The van der Waals surface area contributed by atoms with Crippen LogP contribution in [0.2, 0.25) is 5.02 Å². The van der Waals surface area contributed by atoms with Crippen molar-refractivity contribution >= 4 is 33.2 Å². The van der Waals surface area contributed by atoms with E-state index in [2.05, 4.69) is 5.32 Å². The number of ether oxygens (including phenoxy) is 1. The van der Waals surface area contributed by atoms with E-state index in [0.29, 0.717) is 10.7 Å². The molecule has 37 heavy (non-hydrogen) atoms. The molecule has 4 aromatic carbocycles. The molecule has 0 fully saturated rings. The summed E-state index contributed by atoms with van der Waals surface area (Å²) in [6.07, 6.45) is 0. The van der Waals surface area contributed by atoms with Crippen molar-refractivity contribution in [3.05, 3.63) is 125 Å². The lowest BCUT2D eigenvalue weighted by Gasteiger charge is -2.27. The molecule has 0 aliphatic heterocycles. The third-order valence-corrected chi connectivity index (χ3v) is 7.91. The second-order valence-corrected chi connectivity index (χ2v) is 10.7. The molecule has 8 heteroatoms. The van der Waals surface area contributed by atoms with E-state index in [1.165, 1.54) is 13.2 Å². The predicted octanol–water partition coefficient (Wildman–Crippen LogP) is 5.76. The number of hydrogen-bond donors (Lipinski definition) is 1. The normalized spacial score (nSPS) is 11.2. The highest BCUT2D eigenvalue weighted by atomic mass is 35.5. The van der Waals surface area contributed by atoms with Crippen molar-refractivity contribution in [2.45, 2.75) is 17.9 Å². The molecule has 4 aromatic rings. The van der Waals surface area contributed by atoms with Gasteiger partial charge >= 0.3 is 0 Å². The Balaban J connectivity index is 1.72. The Kier molecular flexibility index (Phi) is 8.16. The summed E-state index contributed by atoms with van der Waals surface area (Å²) >= 11 is 6.06. The molecule has 0 radical (unpaired) electrons. The minimum atomic E-state index is -4.19. The molecule has 0 aliphatic rings. The van der Waals surface area contributed by atoms with Gasteiger partial charge in [0, 0.05) is 5.02 Å². The number of carbonyl (C=O) groups excluding carboxylic acids is 1.